The van der Waals surface area contributed by atoms with Gasteiger partial charge in [-0.25, -0.2) is 0 Å². The van der Waals surface area contributed by atoms with Crippen LogP contribution < -0.4 is 0 Å². The van der Waals surface area contributed by atoms with Crippen LogP contribution in [-0.2, 0) is 28.6 Å². The Morgan fingerprint density at radius 1 is 0.431 bits per heavy atom. The van der Waals surface area contributed by atoms with Gasteiger partial charge < -0.3 is 69.5 Å². The molecule has 0 aromatic heterocycles. The highest BCUT2D eigenvalue weighted by Gasteiger charge is 2.65. The summed E-state index contributed by atoms with van der Waals surface area (Å²) in [5.74, 6) is 5.27. The third-order valence-corrected chi connectivity index (χ3v) is 30.8. The third-order valence-electron chi connectivity index (χ3n) is 30.8. The quantitative estimate of drug-likeness (QED) is 0.0949. The highest BCUT2D eigenvalue weighted by molar-refractivity contribution is 5.92. The van der Waals surface area contributed by atoms with E-state index in [2.05, 4.69) is 135 Å². The summed E-state index contributed by atoms with van der Waals surface area (Å²) < 4.78 is 21.5. The number of hydrogen-bond donors (Lipinski definition) is 8. The Morgan fingerprint density at radius 3 is 1.11 bits per heavy atom. The predicted octanol–water partition coefficient (Wildman–Crippen LogP) is 14.6. The van der Waals surface area contributed by atoms with Crippen LogP contribution in [0.4, 0.5) is 0 Å². The Hall–Kier alpha value is -5.30. The number of ether oxygens (including phenoxy) is 4. The molecule has 6 aliphatic heterocycles. The molecule has 102 heavy (non-hydrogen) atoms. The molecule has 0 aromatic carbocycles. The average Bonchev–Trinajstić information content (AvgIpc) is 0.907. The van der Waals surface area contributed by atoms with Crippen LogP contribution in [0.3, 0.4) is 0 Å². The average molecular weight is 1410 g/mol. The summed E-state index contributed by atoms with van der Waals surface area (Å²) in [7, 11) is 0. The normalized spacial score (nSPS) is 47.0. The van der Waals surface area contributed by atoms with Crippen molar-refractivity contribution < 1.29 is 69.5 Å². The van der Waals surface area contributed by atoms with E-state index in [1.165, 1.54) is 34.4 Å². The fraction of sp³-hybridized carbons (Fsp3) is 0.698. The minimum absolute atomic E-state index is 0.0100. The lowest BCUT2D eigenvalue weighted by atomic mass is 9.43. The van der Waals surface area contributed by atoms with Crippen molar-refractivity contribution in [1.29, 1.82) is 0 Å². The van der Waals surface area contributed by atoms with Gasteiger partial charge in [0.15, 0.2) is 0 Å². The molecule has 12 fully saturated rings. The molecule has 8 N–H and O–H groups in total. The van der Waals surface area contributed by atoms with Crippen molar-refractivity contribution in [2.24, 2.45) is 101 Å². The molecule has 14 aliphatic rings. The summed E-state index contributed by atoms with van der Waals surface area (Å²) in [4.78, 5) is 11.2. The number of aliphatic hydroxyl groups excluding tert-OH is 6. The van der Waals surface area contributed by atoms with E-state index < -0.39 is 46.4 Å². The molecule has 23 atom stereocenters. The van der Waals surface area contributed by atoms with Crippen molar-refractivity contribution in [3.05, 3.63) is 145 Å². The summed E-state index contributed by atoms with van der Waals surface area (Å²) in [5.41, 5.74) is 7.34. The van der Waals surface area contributed by atoms with E-state index >= 15 is 0 Å². The Bertz CT molecular complexity index is 3330. The third kappa shape index (κ3) is 13.2. The van der Waals surface area contributed by atoms with Gasteiger partial charge in [-0.15, -0.1) is 0 Å². The Kier molecular flexibility index (Phi) is 21.9. The zero-order chi connectivity index (χ0) is 74.3. The number of allylic oxidation sites excluding steroid dienone is 8. The lowest BCUT2D eigenvalue weighted by Gasteiger charge is -2.63. The number of oxime groups is 2. The molecular formula is C86H126N2O14. The second-order valence-corrected chi connectivity index (χ2v) is 36.0. The van der Waals surface area contributed by atoms with Crippen molar-refractivity contribution in [3.63, 3.8) is 0 Å². The summed E-state index contributed by atoms with van der Waals surface area (Å²) in [6.45, 7) is 57.0. The fourth-order valence-electron chi connectivity index (χ4n) is 23.5. The number of aliphatic hydroxyl groups is 8. The smallest absolute Gasteiger partial charge is 0.138 e. The summed E-state index contributed by atoms with van der Waals surface area (Å²) in [6, 6.07) is 0. The summed E-state index contributed by atoms with van der Waals surface area (Å²) in [5, 5.41) is 91.4. The highest BCUT2D eigenvalue weighted by Crippen LogP contribution is 2.68. The molecule has 16 heteroatoms. The first-order valence-electron chi connectivity index (χ1n) is 38.4. The van der Waals surface area contributed by atoms with E-state index in [4.69, 9.17) is 28.6 Å². The van der Waals surface area contributed by atoms with Gasteiger partial charge in [-0.05, 0) is 211 Å². The number of rotatable bonds is 10. The summed E-state index contributed by atoms with van der Waals surface area (Å²) in [6.07, 6.45) is 27.4. The van der Waals surface area contributed by atoms with Gasteiger partial charge >= 0.3 is 0 Å². The van der Waals surface area contributed by atoms with E-state index in [0.29, 0.717) is 79.4 Å². The van der Waals surface area contributed by atoms with Crippen molar-refractivity contribution in [3.8, 4) is 0 Å². The molecule has 4 saturated heterocycles. The molecule has 14 rings (SSSR count). The zero-order valence-electron chi connectivity index (χ0n) is 63.6. The second-order valence-electron chi connectivity index (χ2n) is 36.0. The van der Waals surface area contributed by atoms with Crippen LogP contribution in [0.5, 0.6) is 0 Å². The van der Waals surface area contributed by atoms with Crippen molar-refractivity contribution >= 4 is 11.9 Å². The number of nitrogens with zero attached hydrogens (tertiary/aromatic N) is 2. The maximum absolute atomic E-state index is 11.0. The molecule has 0 radical (unpaired) electrons. The van der Waals surface area contributed by atoms with Gasteiger partial charge in [0, 0.05) is 44.0 Å². The Labute approximate surface area is 609 Å². The molecule has 0 amide bonds. The van der Waals surface area contributed by atoms with Gasteiger partial charge in [-0.2, -0.15) is 0 Å². The van der Waals surface area contributed by atoms with Crippen LogP contribution in [0.25, 0.3) is 0 Å². The molecule has 564 valence electrons. The van der Waals surface area contributed by atoms with Crippen LogP contribution in [0.1, 0.15) is 198 Å². The largest absolute Gasteiger partial charge is 0.491 e. The second kappa shape index (κ2) is 28.8. The minimum atomic E-state index is -0.864. The number of fused-ring (bicyclic) bond motifs is 8. The molecule has 16 nitrogen and oxygen atoms in total. The van der Waals surface area contributed by atoms with E-state index in [-0.39, 0.29) is 88.7 Å². The monoisotopic (exact) mass is 1410 g/mol. The topological polar surface area (TPSA) is 242 Å². The zero-order valence-corrected chi connectivity index (χ0v) is 63.6. The van der Waals surface area contributed by atoms with Gasteiger partial charge in [-0.3, -0.25) is 0 Å². The first kappa shape index (κ1) is 77.8. The van der Waals surface area contributed by atoms with Crippen molar-refractivity contribution in [1.82, 2.24) is 0 Å². The van der Waals surface area contributed by atoms with Gasteiger partial charge in [0.25, 0.3) is 0 Å². The van der Waals surface area contributed by atoms with Gasteiger partial charge in [0.05, 0.1) is 36.3 Å². The van der Waals surface area contributed by atoms with E-state index in [1.54, 1.807) is 0 Å². The minimum Gasteiger partial charge on any atom is -0.491 e. The van der Waals surface area contributed by atoms with Gasteiger partial charge in [0.1, 0.15) is 86.6 Å². The van der Waals surface area contributed by atoms with Crippen LogP contribution in [0.2, 0.25) is 0 Å². The Balaban J connectivity index is 0.000000137. The van der Waals surface area contributed by atoms with Crippen LogP contribution in [-0.4, -0.2) is 141 Å². The molecule has 0 unspecified atom stereocenters. The van der Waals surface area contributed by atoms with Crippen LogP contribution in [0.15, 0.2) is 155 Å². The fourth-order valence-corrected chi connectivity index (χ4v) is 23.5. The number of hydrogen-bond acceptors (Lipinski definition) is 16. The van der Waals surface area contributed by atoms with Gasteiger partial charge in [0.2, 0.25) is 0 Å². The first-order chi connectivity index (χ1) is 47.9. The summed E-state index contributed by atoms with van der Waals surface area (Å²) >= 11 is 0. The molecule has 8 aliphatic carbocycles. The van der Waals surface area contributed by atoms with Crippen LogP contribution in [0, 0.1) is 90.7 Å². The lowest BCUT2D eigenvalue weighted by Crippen LogP contribution is -2.62. The first-order valence-corrected chi connectivity index (χ1v) is 38.4. The molecule has 0 aromatic rings. The highest BCUT2D eigenvalue weighted by atomic mass is 16.6. The molecule has 0 bridgehead atoms. The molecule has 8 saturated carbocycles. The lowest BCUT2D eigenvalue weighted by molar-refractivity contribution is -0.202. The predicted molar refractivity (Wildman–Crippen MR) is 401 cm³/mol. The van der Waals surface area contributed by atoms with Crippen molar-refractivity contribution in [2.75, 3.05) is 46.2 Å². The van der Waals surface area contributed by atoms with E-state index in [9.17, 15) is 40.9 Å². The standard InChI is InChI=1S/2C22H34O4.2C21H29NO3/c2*1-14-6-9-19-20(3,10-11-22(5,25)21(19,4)13-23)17(14)8-7-16-15(2)26-12-18(16)24;1-13-5-8-18-20(3,10-9-19-21(18,4)12-25-22-19)16(13)7-6-15-14(2)24-11-17(15)23;1-13-5-8-18-20(3,10-9-19-21(18,4)12-22-25-19)16(13)7-6-15-14(2)24-11-17(15)23/h2*7,17-19,23-25H,1-2,6,8-13H2,3-5H3;6,16-18,23H,1-2,5,7-12H2,3-4H3;6,12,16-19,23H,1-2,5,7-11H2,3-4H3/b2*16-7-;2*15-6-/t17-,18-,19+,20+,21+,22+;17-,18-,19+,20+,21+,22-;16-,17-,18+,20+,21+;16-,17-,18+,19-,20+,21+/m1111/s1. The molecule has 0 spiro atoms. The SMILES string of the molecule is C=C1OC[C@@H](O)/C1=C\C[C@@H]1C(=C)CC[C@@H]2[C@]3(C)C=NO[C@@H]3CC[C@@]12C.C=C1OC[C@@H](O)/C1=C\C[C@@H]1C(=C)CC[C@H]2[C@@]1(C)CCC1=NOC[C@]12C.C=C1OC[C@@H](O)/C1=C\C[C@@H]1C(=C)CC[C@H]2[C@@]1(C)CC[C@@](C)(O)[C@@]2(C)CO.C=C1OC[C@@H](O)/C1=C\C[C@@H]1C(=C)CC[C@H]2[C@@]1(C)CC[C@](C)(O)[C@@]2(C)CO. The maximum Gasteiger partial charge on any atom is 0.138 e. The van der Waals surface area contributed by atoms with Crippen LogP contribution >= 0.6 is 0 Å². The Morgan fingerprint density at radius 2 is 0.765 bits per heavy atom. The van der Waals surface area contributed by atoms with Crippen molar-refractivity contribution in [2.45, 2.75) is 239 Å². The van der Waals surface area contributed by atoms with E-state index in [0.717, 1.165) is 131 Å². The molecule has 6 heterocycles. The maximum atomic E-state index is 11.0. The van der Waals surface area contributed by atoms with E-state index in [1.807, 2.05) is 27.7 Å². The molecular weight excluding hydrogens is 1280 g/mol. The van der Waals surface area contributed by atoms with Gasteiger partial charge in [-0.1, -0.05) is 165 Å².